The van der Waals surface area contributed by atoms with Crippen LogP contribution in [0.3, 0.4) is 0 Å². The zero-order valence-corrected chi connectivity index (χ0v) is 13.8. The standard InChI is InChI=1S/C18H19ClN4/c1-22-8-10-23(11-9-22)18-14-4-2-3-5-15(14)20-16-7-6-13(19)12-17(16)21-18/h2-7,12,20H,8-11H2,1H3/i1-1. The third-order valence-corrected chi connectivity index (χ3v) is 4.66. The fraction of sp³-hybridized carbons (Fsp3) is 0.278. The first-order chi connectivity index (χ1) is 11.2. The van der Waals surface area contributed by atoms with Gasteiger partial charge in [0.25, 0.3) is 0 Å². The summed E-state index contributed by atoms with van der Waals surface area (Å²) in [6, 6.07) is 14.2. The van der Waals surface area contributed by atoms with Crippen molar-refractivity contribution in [2.45, 2.75) is 0 Å². The summed E-state index contributed by atoms with van der Waals surface area (Å²) in [4.78, 5) is 9.69. The zero-order valence-electron chi connectivity index (χ0n) is 13.1. The van der Waals surface area contributed by atoms with Gasteiger partial charge in [0.15, 0.2) is 0 Å². The van der Waals surface area contributed by atoms with E-state index in [1.165, 1.54) is 0 Å². The van der Waals surface area contributed by atoms with Gasteiger partial charge in [-0.05, 0) is 37.4 Å². The molecule has 1 fully saturated rings. The van der Waals surface area contributed by atoms with Gasteiger partial charge in [0.05, 0.1) is 11.4 Å². The third kappa shape index (κ3) is 2.80. The highest BCUT2D eigenvalue weighted by atomic mass is 35.5. The summed E-state index contributed by atoms with van der Waals surface area (Å²) in [6.45, 7) is 4.08. The molecule has 4 rings (SSSR count). The molecule has 0 radical (unpaired) electrons. The van der Waals surface area contributed by atoms with Crippen molar-refractivity contribution in [1.29, 1.82) is 0 Å². The second-order valence-corrected chi connectivity index (χ2v) is 6.49. The van der Waals surface area contributed by atoms with Crippen LogP contribution in [-0.4, -0.2) is 48.9 Å². The number of halogens is 1. The summed E-state index contributed by atoms with van der Waals surface area (Å²) in [5, 5.41) is 4.20. The number of piperazine rings is 1. The number of fused-ring (bicyclic) bond motifs is 2. The predicted octanol–water partition coefficient (Wildman–Crippen LogP) is 3.72. The smallest absolute Gasteiger partial charge is 0.138 e. The molecular weight excluding hydrogens is 307 g/mol. The fourth-order valence-corrected chi connectivity index (χ4v) is 3.24. The van der Waals surface area contributed by atoms with Crippen molar-refractivity contribution in [1.82, 2.24) is 9.80 Å². The number of hydrogen-bond acceptors (Lipinski definition) is 4. The third-order valence-electron chi connectivity index (χ3n) is 4.43. The molecule has 5 heteroatoms. The number of likely N-dealkylation sites (N-methyl/N-ethyl adjacent to an activating group) is 1. The van der Waals surface area contributed by atoms with Crippen LogP contribution < -0.4 is 5.32 Å². The molecule has 1 N–H and O–H groups in total. The fourth-order valence-electron chi connectivity index (χ4n) is 3.07. The Morgan fingerprint density at radius 1 is 1.00 bits per heavy atom. The van der Waals surface area contributed by atoms with E-state index in [-0.39, 0.29) is 0 Å². The lowest BCUT2D eigenvalue weighted by molar-refractivity contribution is 0.216. The summed E-state index contributed by atoms with van der Waals surface area (Å²) in [5.74, 6) is 1.03. The van der Waals surface area contributed by atoms with Crippen LogP contribution in [0, 0.1) is 0 Å². The molecule has 0 saturated carbocycles. The van der Waals surface area contributed by atoms with Crippen LogP contribution in [0.5, 0.6) is 0 Å². The van der Waals surface area contributed by atoms with Gasteiger partial charge in [0.2, 0.25) is 0 Å². The Bertz CT molecular complexity index is 763. The van der Waals surface area contributed by atoms with Crippen LogP contribution >= 0.6 is 11.6 Å². The van der Waals surface area contributed by atoms with E-state index in [9.17, 15) is 0 Å². The molecule has 4 nitrogen and oxygen atoms in total. The Kier molecular flexibility index (Phi) is 3.71. The van der Waals surface area contributed by atoms with Crippen molar-refractivity contribution in [3.05, 3.63) is 53.1 Å². The highest BCUT2D eigenvalue weighted by Gasteiger charge is 2.23. The summed E-state index contributed by atoms with van der Waals surface area (Å²) in [5.41, 5.74) is 4.12. The van der Waals surface area contributed by atoms with Crippen LogP contribution in [-0.2, 0) is 0 Å². The monoisotopic (exact) mass is 325 g/mol. The number of rotatable bonds is 0. The molecule has 2 aliphatic rings. The molecule has 118 valence electrons. The first-order valence-corrected chi connectivity index (χ1v) is 8.27. The van der Waals surface area contributed by atoms with Crippen molar-refractivity contribution in [3.63, 3.8) is 0 Å². The van der Waals surface area contributed by atoms with E-state index < -0.39 is 0 Å². The van der Waals surface area contributed by atoms with Crippen LogP contribution in [0.25, 0.3) is 0 Å². The number of amidine groups is 1. The van der Waals surface area contributed by atoms with E-state index in [0.717, 1.165) is 54.6 Å². The molecular formula is C18H19ClN4. The lowest BCUT2D eigenvalue weighted by atomic mass is 10.1. The average Bonchev–Trinajstić information content (AvgIpc) is 2.72. The van der Waals surface area contributed by atoms with Crippen LogP contribution in [0.15, 0.2) is 47.5 Å². The van der Waals surface area contributed by atoms with Crippen molar-refractivity contribution < 1.29 is 0 Å². The quantitative estimate of drug-likeness (QED) is 0.801. The molecule has 2 aromatic rings. The maximum Gasteiger partial charge on any atom is 0.138 e. The summed E-state index contributed by atoms with van der Waals surface area (Å²) in [7, 11) is 2.16. The van der Waals surface area contributed by atoms with Gasteiger partial charge in [-0.1, -0.05) is 23.7 Å². The van der Waals surface area contributed by atoms with Crippen molar-refractivity contribution in [3.8, 4) is 0 Å². The molecule has 0 atom stereocenters. The van der Waals surface area contributed by atoms with E-state index in [0.29, 0.717) is 5.02 Å². The number of anilines is 2. The van der Waals surface area contributed by atoms with Gasteiger partial charge in [-0.3, -0.25) is 0 Å². The largest absolute Gasteiger partial charge is 0.353 e. The number of hydrogen-bond donors (Lipinski definition) is 1. The number of nitrogens with one attached hydrogen (secondary N) is 1. The number of nitrogens with zero attached hydrogens (tertiary/aromatic N) is 3. The number of aliphatic imine (C=N–C) groups is 1. The Balaban J connectivity index is 1.83. The molecule has 0 spiro atoms. The van der Waals surface area contributed by atoms with Crippen molar-refractivity contribution >= 4 is 34.5 Å². The SMILES string of the molecule is [11CH3]N1CCN(C2=Nc3cc(Cl)ccc3Nc3ccccc32)CC1. The van der Waals surface area contributed by atoms with Gasteiger partial charge in [0, 0.05) is 42.5 Å². The molecule has 0 amide bonds. The predicted molar refractivity (Wildman–Crippen MR) is 96.4 cm³/mol. The van der Waals surface area contributed by atoms with Crippen LogP contribution in [0.2, 0.25) is 5.02 Å². The highest BCUT2D eigenvalue weighted by Crippen LogP contribution is 2.36. The van der Waals surface area contributed by atoms with Gasteiger partial charge in [-0.15, -0.1) is 0 Å². The van der Waals surface area contributed by atoms with Crippen LogP contribution in [0.4, 0.5) is 17.1 Å². The number of para-hydroxylation sites is 1. The highest BCUT2D eigenvalue weighted by molar-refractivity contribution is 6.31. The molecule has 0 aromatic heterocycles. The Morgan fingerprint density at radius 3 is 2.61 bits per heavy atom. The van der Waals surface area contributed by atoms with E-state index in [1.54, 1.807) is 0 Å². The van der Waals surface area contributed by atoms with Gasteiger partial charge in [0.1, 0.15) is 5.84 Å². The molecule has 2 aliphatic heterocycles. The maximum absolute atomic E-state index is 6.18. The summed E-state index contributed by atoms with van der Waals surface area (Å²) in [6.07, 6.45) is 0. The topological polar surface area (TPSA) is 30.9 Å². The lowest BCUT2D eigenvalue weighted by Gasteiger charge is -2.34. The first kappa shape index (κ1) is 14.5. The molecule has 0 unspecified atom stereocenters. The Morgan fingerprint density at radius 2 is 1.78 bits per heavy atom. The summed E-state index contributed by atoms with van der Waals surface area (Å²) >= 11 is 6.18. The Labute approximate surface area is 141 Å². The second-order valence-electron chi connectivity index (χ2n) is 6.06. The van der Waals surface area contributed by atoms with Gasteiger partial charge in [-0.2, -0.15) is 0 Å². The molecule has 2 heterocycles. The number of benzene rings is 2. The molecule has 0 aliphatic carbocycles. The molecule has 23 heavy (non-hydrogen) atoms. The summed E-state index contributed by atoms with van der Waals surface area (Å²) < 4.78 is 0. The average molecular weight is 326 g/mol. The first-order valence-electron chi connectivity index (χ1n) is 7.89. The molecule has 0 bridgehead atoms. The van der Waals surface area contributed by atoms with Gasteiger partial charge < -0.3 is 15.1 Å². The van der Waals surface area contributed by atoms with Gasteiger partial charge >= 0.3 is 0 Å². The van der Waals surface area contributed by atoms with Crippen molar-refractivity contribution in [2.75, 3.05) is 38.5 Å². The molecule has 1 saturated heterocycles. The zero-order chi connectivity index (χ0) is 15.8. The van der Waals surface area contributed by atoms with E-state index in [1.807, 2.05) is 24.3 Å². The van der Waals surface area contributed by atoms with Crippen LogP contribution in [0.1, 0.15) is 5.56 Å². The van der Waals surface area contributed by atoms with E-state index >= 15 is 0 Å². The van der Waals surface area contributed by atoms with Gasteiger partial charge in [-0.25, -0.2) is 4.99 Å². The molecule has 2 aromatic carbocycles. The van der Waals surface area contributed by atoms with Crippen molar-refractivity contribution in [2.24, 2.45) is 4.99 Å². The Hall–Kier alpha value is -2.04. The second kappa shape index (κ2) is 5.87. The maximum atomic E-state index is 6.18. The normalized spacial score (nSPS) is 17.7. The minimum Gasteiger partial charge on any atom is -0.353 e. The minimum absolute atomic E-state index is 0.706. The van der Waals surface area contributed by atoms with E-state index in [4.69, 9.17) is 16.6 Å². The minimum atomic E-state index is 0.706. The van der Waals surface area contributed by atoms with E-state index in [2.05, 4.69) is 40.4 Å². The lowest BCUT2D eigenvalue weighted by Crippen LogP contribution is -2.47.